The van der Waals surface area contributed by atoms with E-state index in [2.05, 4.69) is 10.3 Å². The number of fused-ring (bicyclic) bond motifs is 1. The molecule has 0 saturated heterocycles. The predicted octanol–water partition coefficient (Wildman–Crippen LogP) is 4.20. The fraction of sp³-hybridized carbons (Fsp3) is 0.130. The van der Waals surface area contributed by atoms with E-state index in [-0.39, 0.29) is 24.1 Å². The Bertz CT molecular complexity index is 1430. The molecule has 1 aliphatic heterocycles. The molecule has 2 aromatic carbocycles. The topological polar surface area (TPSA) is 111 Å². The monoisotopic (exact) mass is 497 g/mol. The summed E-state index contributed by atoms with van der Waals surface area (Å²) in [6.07, 6.45) is 1.49. The van der Waals surface area contributed by atoms with E-state index in [4.69, 9.17) is 13.9 Å². The maximum absolute atomic E-state index is 12.8. The number of sulfonamides is 1. The van der Waals surface area contributed by atoms with Crippen LogP contribution in [0.1, 0.15) is 16.1 Å². The van der Waals surface area contributed by atoms with Crippen LogP contribution < -0.4 is 14.8 Å². The second kappa shape index (κ2) is 8.93. The first-order chi connectivity index (χ1) is 16.4. The number of furan rings is 1. The summed E-state index contributed by atoms with van der Waals surface area (Å²) in [6.45, 7) is 0.296. The van der Waals surface area contributed by atoms with Crippen molar-refractivity contribution in [1.29, 1.82) is 0 Å². The van der Waals surface area contributed by atoms with Crippen molar-refractivity contribution in [3.05, 3.63) is 77.6 Å². The Hall–Kier alpha value is -3.67. The van der Waals surface area contributed by atoms with Gasteiger partial charge in [0.25, 0.3) is 5.91 Å². The third-order valence-corrected chi connectivity index (χ3v) is 7.75. The summed E-state index contributed by atoms with van der Waals surface area (Å²) >= 11 is 1.29. The number of hydrogen-bond acceptors (Lipinski definition) is 8. The summed E-state index contributed by atoms with van der Waals surface area (Å²) in [6, 6.07) is 14.7. The van der Waals surface area contributed by atoms with Crippen LogP contribution in [0.3, 0.4) is 0 Å². The van der Waals surface area contributed by atoms with Crippen LogP contribution in [0.4, 0.5) is 5.13 Å². The number of nitrogens with zero attached hydrogens (tertiary/aromatic N) is 2. The molecule has 0 aliphatic carbocycles. The largest absolute Gasteiger partial charge is 0.468 e. The molecule has 9 nitrogen and oxygen atoms in total. The third-order valence-electron chi connectivity index (χ3n) is 5.18. The minimum Gasteiger partial charge on any atom is -0.468 e. The van der Waals surface area contributed by atoms with E-state index in [0.29, 0.717) is 33.6 Å². The Morgan fingerprint density at radius 3 is 2.68 bits per heavy atom. The molecule has 0 unspecified atom stereocenters. The maximum atomic E-state index is 12.8. The van der Waals surface area contributed by atoms with E-state index in [1.807, 2.05) is 23.6 Å². The number of carbonyl (C=O) groups is 1. The first-order valence-corrected chi connectivity index (χ1v) is 12.5. The van der Waals surface area contributed by atoms with E-state index in [1.165, 1.54) is 53.2 Å². The molecule has 11 heteroatoms. The van der Waals surface area contributed by atoms with Crippen LogP contribution >= 0.6 is 11.3 Å². The van der Waals surface area contributed by atoms with Crippen molar-refractivity contribution in [3.8, 4) is 22.8 Å². The molecule has 5 rings (SSSR count). The number of hydrogen-bond donors (Lipinski definition) is 1. The van der Waals surface area contributed by atoms with Crippen molar-refractivity contribution in [3.63, 3.8) is 0 Å². The van der Waals surface area contributed by atoms with Gasteiger partial charge >= 0.3 is 0 Å². The highest BCUT2D eigenvalue weighted by Crippen LogP contribution is 2.36. The molecule has 174 valence electrons. The minimum atomic E-state index is -3.74. The van der Waals surface area contributed by atoms with Gasteiger partial charge in [0.1, 0.15) is 5.76 Å². The molecule has 0 fully saturated rings. The van der Waals surface area contributed by atoms with Crippen LogP contribution in [0.5, 0.6) is 11.5 Å². The van der Waals surface area contributed by atoms with Crippen LogP contribution in [0.2, 0.25) is 0 Å². The SMILES string of the molecule is CN(Cc1ccco1)S(=O)(=O)c1ccc(C(=O)Nc2nc(-c3ccc4c(c3)OCO4)cs2)cc1. The van der Waals surface area contributed by atoms with Gasteiger partial charge in [0.05, 0.1) is 23.4 Å². The van der Waals surface area contributed by atoms with Crippen molar-refractivity contribution in [2.45, 2.75) is 11.4 Å². The molecule has 1 N–H and O–H groups in total. The van der Waals surface area contributed by atoms with E-state index in [0.717, 1.165) is 5.56 Å². The number of thiazole rings is 1. The lowest BCUT2D eigenvalue weighted by molar-refractivity contribution is 0.102. The number of carbonyl (C=O) groups excluding carboxylic acids is 1. The zero-order chi connectivity index (χ0) is 23.7. The van der Waals surface area contributed by atoms with Crippen LogP contribution in [0.25, 0.3) is 11.3 Å². The van der Waals surface area contributed by atoms with E-state index in [1.54, 1.807) is 12.1 Å². The molecule has 0 saturated carbocycles. The first kappa shape index (κ1) is 22.1. The van der Waals surface area contributed by atoms with Gasteiger partial charge in [-0.25, -0.2) is 13.4 Å². The Labute approximate surface area is 199 Å². The standard InChI is InChI=1S/C23H19N3O6S2/c1-26(12-17-3-2-10-30-17)34(28,29)18-7-4-15(5-8-18)22(27)25-23-24-19(13-33-23)16-6-9-20-21(11-16)32-14-31-20/h2-11,13H,12,14H2,1H3,(H,24,25,27). The van der Waals surface area contributed by atoms with Gasteiger partial charge in [0.2, 0.25) is 16.8 Å². The van der Waals surface area contributed by atoms with Crippen LogP contribution in [0.15, 0.2) is 75.6 Å². The van der Waals surface area contributed by atoms with Gasteiger partial charge in [0.15, 0.2) is 16.6 Å². The summed E-state index contributed by atoms with van der Waals surface area (Å²) < 4.78 is 42.7. The van der Waals surface area contributed by atoms with Gasteiger partial charge in [-0.05, 0) is 54.6 Å². The highest BCUT2D eigenvalue weighted by Gasteiger charge is 2.22. The summed E-state index contributed by atoms with van der Waals surface area (Å²) in [7, 11) is -2.27. The second-order valence-corrected chi connectivity index (χ2v) is 10.3. The summed E-state index contributed by atoms with van der Waals surface area (Å²) in [5.74, 6) is 1.48. The van der Waals surface area contributed by atoms with Gasteiger partial charge < -0.3 is 13.9 Å². The highest BCUT2D eigenvalue weighted by atomic mass is 32.2. The summed E-state index contributed by atoms with van der Waals surface area (Å²) in [5.41, 5.74) is 1.85. The van der Waals surface area contributed by atoms with Crippen molar-refractivity contribution >= 4 is 32.4 Å². The zero-order valence-corrected chi connectivity index (χ0v) is 19.6. The Morgan fingerprint density at radius 2 is 1.91 bits per heavy atom. The molecular weight excluding hydrogens is 478 g/mol. The van der Waals surface area contributed by atoms with E-state index in [9.17, 15) is 13.2 Å². The van der Waals surface area contributed by atoms with Crippen LogP contribution in [-0.2, 0) is 16.6 Å². The molecule has 4 aromatic rings. The van der Waals surface area contributed by atoms with Gasteiger partial charge in [-0.15, -0.1) is 11.3 Å². The van der Waals surface area contributed by atoms with Crippen molar-refractivity contribution < 1.29 is 27.1 Å². The summed E-state index contributed by atoms with van der Waals surface area (Å²) in [5, 5.41) is 5.01. The Morgan fingerprint density at radius 1 is 1.12 bits per heavy atom. The molecule has 1 aliphatic rings. The molecule has 2 aromatic heterocycles. The van der Waals surface area contributed by atoms with Gasteiger partial charge in [-0.1, -0.05) is 0 Å². The number of aromatic nitrogens is 1. The molecule has 0 spiro atoms. The lowest BCUT2D eigenvalue weighted by Gasteiger charge is -2.16. The smallest absolute Gasteiger partial charge is 0.257 e. The molecule has 0 atom stereocenters. The van der Waals surface area contributed by atoms with Crippen LogP contribution in [-0.4, -0.2) is 37.5 Å². The second-order valence-electron chi connectivity index (χ2n) is 7.42. The van der Waals surface area contributed by atoms with E-state index >= 15 is 0 Å². The molecule has 3 heterocycles. The average Bonchev–Trinajstić information content (AvgIpc) is 3.60. The number of benzene rings is 2. The summed E-state index contributed by atoms with van der Waals surface area (Å²) in [4.78, 5) is 17.2. The lowest BCUT2D eigenvalue weighted by Crippen LogP contribution is -2.26. The normalized spacial score (nSPS) is 12.8. The van der Waals surface area contributed by atoms with Gasteiger partial charge in [0, 0.05) is 23.6 Å². The molecule has 1 amide bonds. The fourth-order valence-corrected chi connectivity index (χ4v) is 5.21. The van der Waals surface area contributed by atoms with E-state index < -0.39 is 10.0 Å². The Kier molecular flexibility index (Phi) is 5.82. The maximum Gasteiger partial charge on any atom is 0.257 e. The number of rotatable bonds is 7. The molecule has 0 radical (unpaired) electrons. The lowest BCUT2D eigenvalue weighted by atomic mass is 10.1. The third kappa shape index (κ3) is 4.40. The van der Waals surface area contributed by atoms with Crippen molar-refractivity contribution in [1.82, 2.24) is 9.29 Å². The van der Waals surface area contributed by atoms with Gasteiger partial charge in [-0.3, -0.25) is 10.1 Å². The van der Waals surface area contributed by atoms with Crippen molar-refractivity contribution in [2.24, 2.45) is 0 Å². The average molecular weight is 498 g/mol. The highest BCUT2D eigenvalue weighted by molar-refractivity contribution is 7.89. The van der Waals surface area contributed by atoms with Crippen molar-refractivity contribution in [2.75, 3.05) is 19.2 Å². The fourth-order valence-electron chi connectivity index (χ4n) is 3.35. The molecular formula is C23H19N3O6S2. The minimum absolute atomic E-state index is 0.0810. The molecule has 34 heavy (non-hydrogen) atoms. The number of anilines is 1. The number of nitrogens with one attached hydrogen (secondary N) is 1. The first-order valence-electron chi connectivity index (χ1n) is 10.2. The quantitative estimate of drug-likeness (QED) is 0.407. The predicted molar refractivity (Wildman–Crippen MR) is 125 cm³/mol. The number of amides is 1. The Balaban J connectivity index is 1.26. The van der Waals surface area contributed by atoms with Gasteiger partial charge in [-0.2, -0.15) is 4.31 Å². The number of ether oxygens (including phenoxy) is 2. The molecule has 0 bridgehead atoms. The zero-order valence-electron chi connectivity index (χ0n) is 17.9. The van der Waals surface area contributed by atoms with Crippen LogP contribution in [0, 0.1) is 0 Å².